The number of nitrogens with zero attached hydrogens (tertiary/aromatic N) is 2. The van der Waals surface area contributed by atoms with E-state index in [0.29, 0.717) is 0 Å². The third kappa shape index (κ3) is 7.56. The molecule has 1 fully saturated rings. The molecule has 1 aliphatic heterocycles. The van der Waals surface area contributed by atoms with Crippen molar-refractivity contribution in [1.82, 2.24) is 9.80 Å². The van der Waals surface area contributed by atoms with Crippen molar-refractivity contribution in [2.24, 2.45) is 0 Å². The smallest absolute Gasteiger partial charge is 0.0593 e. The first-order valence-electron chi connectivity index (χ1n) is 6.44. The molecule has 0 N–H and O–H groups in total. The standard InChI is InChI=1S/C12H25IN2O2/c1-16-11-8-14-4-6-15(7-5-14)9-12-17-10-2-3-13/h2-12H2,1H3. The number of halogens is 1. The van der Waals surface area contributed by atoms with Crippen LogP contribution in [0.4, 0.5) is 0 Å². The van der Waals surface area contributed by atoms with Gasteiger partial charge in [-0.3, -0.25) is 9.80 Å². The molecule has 0 aromatic heterocycles. The molecule has 0 aliphatic carbocycles. The van der Waals surface area contributed by atoms with Crippen molar-refractivity contribution in [1.29, 1.82) is 0 Å². The van der Waals surface area contributed by atoms with Gasteiger partial charge in [0.15, 0.2) is 0 Å². The molecule has 5 heteroatoms. The van der Waals surface area contributed by atoms with Crippen LogP contribution in [-0.4, -0.2) is 80.4 Å². The third-order valence-electron chi connectivity index (χ3n) is 3.05. The summed E-state index contributed by atoms with van der Waals surface area (Å²) in [5.74, 6) is 0. The second kappa shape index (κ2) is 10.5. The van der Waals surface area contributed by atoms with Crippen molar-refractivity contribution in [2.75, 3.05) is 70.6 Å². The molecular formula is C12H25IN2O2. The number of methoxy groups -OCH3 is 1. The molecule has 0 aromatic carbocycles. The Labute approximate surface area is 119 Å². The molecule has 0 bridgehead atoms. The van der Waals surface area contributed by atoms with E-state index >= 15 is 0 Å². The van der Waals surface area contributed by atoms with E-state index in [-0.39, 0.29) is 0 Å². The number of rotatable bonds is 9. The van der Waals surface area contributed by atoms with E-state index in [2.05, 4.69) is 32.4 Å². The zero-order valence-corrected chi connectivity index (χ0v) is 13.0. The van der Waals surface area contributed by atoms with Crippen LogP contribution in [0.5, 0.6) is 0 Å². The van der Waals surface area contributed by atoms with Crippen LogP contribution in [0, 0.1) is 0 Å². The number of hydrogen-bond donors (Lipinski definition) is 0. The first-order chi connectivity index (χ1) is 8.36. The summed E-state index contributed by atoms with van der Waals surface area (Å²) in [4.78, 5) is 4.96. The van der Waals surface area contributed by atoms with Crippen LogP contribution >= 0.6 is 22.6 Å². The number of ether oxygens (including phenoxy) is 2. The van der Waals surface area contributed by atoms with Crippen LogP contribution in [0.1, 0.15) is 6.42 Å². The van der Waals surface area contributed by atoms with Gasteiger partial charge in [0.1, 0.15) is 0 Å². The molecule has 0 unspecified atom stereocenters. The van der Waals surface area contributed by atoms with Crippen LogP contribution in [-0.2, 0) is 9.47 Å². The van der Waals surface area contributed by atoms with Crippen molar-refractivity contribution in [3.05, 3.63) is 0 Å². The highest BCUT2D eigenvalue weighted by Gasteiger charge is 2.15. The first kappa shape index (κ1) is 15.6. The van der Waals surface area contributed by atoms with Gasteiger partial charge in [-0.15, -0.1) is 0 Å². The Morgan fingerprint density at radius 3 is 2.06 bits per heavy atom. The lowest BCUT2D eigenvalue weighted by Gasteiger charge is -2.34. The molecule has 1 saturated heterocycles. The van der Waals surface area contributed by atoms with Crippen molar-refractivity contribution in [3.63, 3.8) is 0 Å². The van der Waals surface area contributed by atoms with Gasteiger partial charge in [-0.2, -0.15) is 0 Å². The van der Waals surface area contributed by atoms with Crippen molar-refractivity contribution < 1.29 is 9.47 Å². The predicted octanol–water partition coefficient (Wildman–Crippen LogP) is 1.09. The molecule has 0 saturated carbocycles. The van der Waals surface area contributed by atoms with Gasteiger partial charge in [0.25, 0.3) is 0 Å². The molecule has 1 aliphatic rings. The normalized spacial score (nSPS) is 18.7. The van der Waals surface area contributed by atoms with E-state index in [4.69, 9.17) is 9.47 Å². The second-order valence-corrected chi connectivity index (χ2v) is 5.41. The summed E-state index contributed by atoms with van der Waals surface area (Å²) in [5.41, 5.74) is 0. The summed E-state index contributed by atoms with van der Waals surface area (Å²) in [6.45, 7) is 9.45. The van der Waals surface area contributed by atoms with Gasteiger partial charge in [0, 0.05) is 57.4 Å². The topological polar surface area (TPSA) is 24.9 Å². The Bertz CT molecular complexity index is 173. The Morgan fingerprint density at radius 2 is 1.53 bits per heavy atom. The fourth-order valence-corrected chi connectivity index (χ4v) is 2.22. The third-order valence-corrected chi connectivity index (χ3v) is 3.81. The highest BCUT2D eigenvalue weighted by Crippen LogP contribution is 2.01. The van der Waals surface area contributed by atoms with Gasteiger partial charge in [0.2, 0.25) is 0 Å². The zero-order chi connectivity index (χ0) is 12.3. The fraction of sp³-hybridized carbons (Fsp3) is 1.00. The minimum atomic E-state index is 0.847. The van der Waals surface area contributed by atoms with Crippen LogP contribution in [0.15, 0.2) is 0 Å². The van der Waals surface area contributed by atoms with Gasteiger partial charge in [-0.1, -0.05) is 22.6 Å². The van der Waals surface area contributed by atoms with Crippen molar-refractivity contribution >= 4 is 22.6 Å². The fourth-order valence-electron chi connectivity index (χ4n) is 1.91. The summed E-state index contributed by atoms with van der Waals surface area (Å²) in [7, 11) is 1.77. The summed E-state index contributed by atoms with van der Waals surface area (Å²) in [6, 6.07) is 0. The maximum absolute atomic E-state index is 5.59. The summed E-state index contributed by atoms with van der Waals surface area (Å²) in [6.07, 6.45) is 1.17. The lowest BCUT2D eigenvalue weighted by molar-refractivity contribution is 0.0658. The Morgan fingerprint density at radius 1 is 0.941 bits per heavy atom. The molecule has 102 valence electrons. The van der Waals surface area contributed by atoms with Crippen molar-refractivity contribution in [2.45, 2.75) is 6.42 Å². The predicted molar refractivity (Wildman–Crippen MR) is 79.1 cm³/mol. The van der Waals surface area contributed by atoms with Crippen molar-refractivity contribution in [3.8, 4) is 0 Å². The van der Waals surface area contributed by atoms with E-state index in [0.717, 1.165) is 46.0 Å². The molecule has 0 atom stereocenters. The number of piperazine rings is 1. The largest absolute Gasteiger partial charge is 0.383 e. The minimum absolute atomic E-state index is 0.847. The SMILES string of the molecule is COCCN1CCN(CCOCCCI)CC1. The quantitative estimate of drug-likeness (QED) is 0.351. The molecule has 0 spiro atoms. The highest BCUT2D eigenvalue weighted by molar-refractivity contribution is 14.1. The number of hydrogen-bond acceptors (Lipinski definition) is 4. The van der Waals surface area contributed by atoms with Gasteiger partial charge in [0.05, 0.1) is 13.2 Å². The van der Waals surface area contributed by atoms with Crippen LogP contribution in [0.2, 0.25) is 0 Å². The van der Waals surface area contributed by atoms with E-state index in [1.165, 1.54) is 23.9 Å². The molecular weight excluding hydrogens is 331 g/mol. The van der Waals surface area contributed by atoms with Gasteiger partial charge in [-0.25, -0.2) is 0 Å². The maximum Gasteiger partial charge on any atom is 0.0593 e. The lowest BCUT2D eigenvalue weighted by Crippen LogP contribution is -2.48. The van der Waals surface area contributed by atoms with E-state index in [9.17, 15) is 0 Å². The van der Waals surface area contributed by atoms with Gasteiger partial charge >= 0.3 is 0 Å². The van der Waals surface area contributed by atoms with E-state index in [1.807, 2.05) is 0 Å². The van der Waals surface area contributed by atoms with Crippen LogP contribution in [0.25, 0.3) is 0 Å². The Balaban J connectivity index is 1.95. The first-order valence-corrected chi connectivity index (χ1v) is 7.96. The highest BCUT2D eigenvalue weighted by atomic mass is 127. The monoisotopic (exact) mass is 356 g/mol. The van der Waals surface area contributed by atoms with Gasteiger partial charge in [-0.05, 0) is 6.42 Å². The lowest BCUT2D eigenvalue weighted by atomic mass is 10.3. The minimum Gasteiger partial charge on any atom is -0.383 e. The molecule has 1 heterocycles. The second-order valence-electron chi connectivity index (χ2n) is 4.33. The average molecular weight is 356 g/mol. The Kier molecular flexibility index (Phi) is 9.64. The van der Waals surface area contributed by atoms with E-state index < -0.39 is 0 Å². The molecule has 0 radical (unpaired) electrons. The summed E-state index contributed by atoms with van der Waals surface area (Å²) in [5, 5.41) is 0. The molecule has 0 aromatic rings. The molecule has 1 rings (SSSR count). The molecule has 17 heavy (non-hydrogen) atoms. The summed E-state index contributed by atoms with van der Waals surface area (Å²) < 4.78 is 11.9. The Hall–Kier alpha value is 0.570. The molecule has 0 amide bonds. The summed E-state index contributed by atoms with van der Waals surface area (Å²) >= 11 is 2.39. The van der Waals surface area contributed by atoms with Gasteiger partial charge < -0.3 is 9.47 Å². The average Bonchev–Trinajstić information content (AvgIpc) is 2.37. The van der Waals surface area contributed by atoms with E-state index in [1.54, 1.807) is 7.11 Å². The molecule has 4 nitrogen and oxygen atoms in total. The van der Waals surface area contributed by atoms with Crippen LogP contribution < -0.4 is 0 Å². The zero-order valence-electron chi connectivity index (χ0n) is 10.9. The number of alkyl halides is 1. The van der Waals surface area contributed by atoms with Crippen LogP contribution in [0.3, 0.4) is 0 Å². The maximum atomic E-state index is 5.59.